The first-order chi connectivity index (χ1) is 6.84. The molecule has 2 atom stereocenters. The average Bonchev–Trinajstić information content (AvgIpc) is 2.10. The lowest BCUT2D eigenvalue weighted by Gasteiger charge is -2.11. The molecule has 0 spiro atoms. The number of carbonyl (C=O) groups is 3. The van der Waals surface area contributed by atoms with Crippen molar-refractivity contribution in [2.45, 2.75) is 17.7 Å². The Bertz CT molecular complexity index is 268. The van der Waals surface area contributed by atoms with Gasteiger partial charge in [-0.15, -0.1) is 11.8 Å². The van der Waals surface area contributed by atoms with Crippen LogP contribution in [0.4, 0.5) is 0 Å². The summed E-state index contributed by atoms with van der Waals surface area (Å²) in [7, 11) is 0. The van der Waals surface area contributed by atoms with E-state index in [0.717, 1.165) is 0 Å². The molecule has 0 aromatic carbocycles. The average molecular weight is 237 g/mol. The van der Waals surface area contributed by atoms with Crippen molar-refractivity contribution in [2.24, 2.45) is 5.73 Å². The minimum atomic E-state index is -1.29. The fraction of sp³-hybridized carbons (Fsp3) is 0.571. The third-order valence-electron chi connectivity index (χ3n) is 1.43. The molecule has 0 saturated carbocycles. The van der Waals surface area contributed by atoms with Crippen LogP contribution in [-0.4, -0.2) is 50.3 Å². The third kappa shape index (κ3) is 5.92. The van der Waals surface area contributed by atoms with Gasteiger partial charge in [0.25, 0.3) is 0 Å². The summed E-state index contributed by atoms with van der Waals surface area (Å²) >= 11 is 0.708. The van der Waals surface area contributed by atoms with Crippen molar-refractivity contribution in [3.05, 3.63) is 0 Å². The topological polar surface area (TPSA) is 138 Å². The molecule has 5 N–H and O–H groups in total. The second kappa shape index (κ2) is 6.25. The van der Waals surface area contributed by atoms with Gasteiger partial charge in [-0.1, -0.05) is 0 Å². The molecule has 0 fully saturated rings. The molecular formula is C7H11NO6S. The normalized spacial score (nSPS) is 14.2. The summed E-state index contributed by atoms with van der Waals surface area (Å²) in [5.74, 6) is -3.93. The Morgan fingerprint density at radius 1 is 1.13 bits per heavy atom. The Kier molecular flexibility index (Phi) is 5.72. The lowest BCUT2D eigenvalue weighted by Crippen LogP contribution is -2.34. The summed E-state index contributed by atoms with van der Waals surface area (Å²) in [5.41, 5.74) is 5.13. The lowest BCUT2D eigenvalue weighted by atomic mass is 10.3. The summed E-state index contributed by atoms with van der Waals surface area (Å²) < 4.78 is 0. The van der Waals surface area contributed by atoms with Gasteiger partial charge in [-0.25, -0.2) is 0 Å². The van der Waals surface area contributed by atoms with Gasteiger partial charge in [0.1, 0.15) is 11.3 Å². The number of rotatable bonds is 7. The Balaban J connectivity index is 4.13. The molecule has 1 unspecified atom stereocenters. The number of aliphatic carboxylic acids is 3. The first-order valence-electron chi connectivity index (χ1n) is 3.89. The zero-order valence-corrected chi connectivity index (χ0v) is 8.44. The van der Waals surface area contributed by atoms with E-state index in [4.69, 9.17) is 21.1 Å². The number of thioether (sulfide) groups is 1. The SMILES string of the molecule is N[C@@H](CSC(CC(=O)O)C(=O)O)C(=O)O. The van der Waals surface area contributed by atoms with Gasteiger partial charge in [0.15, 0.2) is 0 Å². The Morgan fingerprint density at radius 3 is 2.00 bits per heavy atom. The summed E-state index contributed by atoms with van der Waals surface area (Å²) in [6.07, 6.45) is -0.563. The van der Waals surface area contributed by atoms with Crippen molar-refractivity contribution >= 4 is 29.7 Å². The van der Waals surface area contributed by atoms with Crippen molar-refractivity contribution in [1.29, 1.82) is 0 Å². The quantitative estimate of drug-likeness (QED) is 0.445. The van der Waals surface area contributed by atoms with E-state index in [-0.39, 0.29) is 5.75 Å². The summed E-state index contributed by atoms with van der Waals surface area (Å²) in [6, 6.07) is -1.19. The van der Waals surface area contributed by atoms with Crippen LogP contribution in [0.2, 0.25) is 0 Å². The monoisotopic (exact) mass is 237 g/mol. The number of hydrogen-bond donors (Lipinski definition) is 4. The standard InChI is InChI=1S/C7H11NO6S/c8-3(6(11)12)2-15-4(7(13)14)1-5(9)10/h3-4H,1-2,8H2,(H,9,10)(H,11,12)(H,13,14)/t3-,4?/m0/s1. The Labute approximate surface area is 89.3 Å². The van der Waals surface area contributed by atoms with Gasteiger partial charge in [0.05, 0.1) is 6.42 Å². The van der Waals surface area contributed by atoms with Gasteiger partial charge < -0.3 is 21.1 Å². The summed E-state index contributed by atoms with van der Waals surface area (Å²) in [5, 5.41) is 24.2. The second-order valence-electron chi connectivity index (χ2n) is 2.70. The van der Waals surface area contributed by atoms with E-state index in [9.17, 15) is 14.4 Å². The van der Waals surface area contributed by atoms with Crippen molar-refractivity contribution in [1.82, 2.24) is 0 Å². The van der Waals surface area contributed by atoms with E-state index in [1.54, 1.807) is 0 Å². The molecule has 7 nitrogen and oxygen atoms in total. The van der Waals surface area contributed by atoms with Crippen LogP contribution in [0.25, 0.3) is 0 Å². The van der Waals surface area contributed by atoms with Gasteiger partial charge >= 0.3 is 17.9 Å². The molecule has 15 heavy (non-hydrogen) atoms. The fourth-order valence-corrected chi connectivity index (χ4v) is 1.65. The fourth-order valence-electron chi connectivity index (χ4n) is 0.667. The highest BCUT2D eigenvalue weighted by molar-refractivity contribution is 8.00. The minimum absolute atomic E-state index is 0.139. The number of hydrogen-bond acceptors (Lipinski definition) is 5. The maximum absolute atomic E-state index is 10.5. The van der Waals surface area contributed by atoms with Crippen LogP contribution >= 0.6 is 11.8 Å². The molecule has 0 aliphatic heterocycles. The molecule has 0 aromatic heterocycles. The van der Waals surface area contributed by atoms with E-state index in [1.807, 2.05) is 0 Å². The highest BCUT2D eigenvalue weighted by Gasteiger charge is 2.23. The maximum atomic E-state index is 10.5. The Hall–Kier alpha value is -1.28. The molecule has 0 aromatic rings. The van der Waals surface area contributed by atoms with E-state index >= 15 is 0 Å². The first-order valence-corrected chi connectivity index (χ1v) is 4.94. The molecule has 0 bridgehead atoms. The second-order valence-corrected chi connectivity index (χ2v) is 3.94. The molecule has 86 valence electrons. The van der Waals surface area contributed by atoms with Gasteiger partial charge in [0.2, 0.25) is 0 Å². The minimum Gasteiger partial charge on any atom is -0.481 e. The molecular weight excluding hydrogens is 226 g/mol. The van der Waals surface area contributed by atoms with Crippen molar-refractivity contribution in [3.63, 3.8) is 0 Å². The molecule has 0 rings (SSSR count). The maximum Gasteiger partial charge on any atom is 0.321 e. The van der Waals surface area contributed by atoms with Crippen molar-refractivity contribution in [3.8, 4) is 0 Å². The van der Waals surface area contributed by atoms with E-state index < -0.39 is 35.6 Å². The molecule has 0 aliphatic rings. The van der Waals surface area contributed by atoms with Crippen LogP contribution in [0.1, 0.15) is 6.42 Å². The lowest BCUT2D eigenvalue weighted by molar-refractivity contribution is -0.142. The highest BCUT2D eigenvalue weighted by atomic mass is 32.2. The zero-order chi connectivity index (χ0) is 12.0. The number of carboxylic acids is 3. The molecule has 0 radical (unpaired) electrons. The summed E-state index contributed by atoms with van der Waals surface area (Å²) in [4.78, 5) is 31.1. The summed E-state index contributed by atoms with van der Waals surface area (Å²) in [6.45, 7) is 0. The van der Waals surface area contributed by atoms with Gasteiger partial charge in [0, 0.05) is 5.75 Å². The predicted octanol–water partition coefficient (Wildman–Crippen LogP) is -0.941. The Morgan fingerprint density at radius 2 is 1.67 bits per heavy atom. The zero-order valence-electron chi connectivity index (χ0n) is 7.62. The van der Waals surface area contributed by atoms with E-state index in [1.165, 1.54) is 0 Å². The van der Waals surface area contributed by atoms with Crippen molar-refractivity contribution in [2.75, 3.05) is 5.75 Å². The van der Waals surface area contributed by atoms with Crippen LogP contribution in [-0.2, 0) is 14.4 Å². The molecule has 0 heterocycles. The van der Waals surface area contributed by atoms with E-state index in [0.29, 0.717) is 11.8 Å². The number of carboxylic acid groups (broad SMARTS) is 3. The molecule has 8 heteroatoms. The van der Waals surface area contributed by atoms with Crippen LogP contribution in [0.5, 0.6) is 0 Å². The van der Waals surface area contributed by atoms with Gasteiger partial charge in [-0.05, 0) is 0 Å². The predicted molar refractivity (Wildman–Crippen MR) is 51.7 cm³/mol. The van der Waals surface area contributed by atoms with Gasteiger partial charge in [-0.2, -0.15) is 0 Å². The number of nitrogens with two attached hydrogens (primary N) is 1. The van der Waals surface area contributed by atoms with Crippen LogP contribution in [0.15, 0.2) is 0 Å². The largest absolute Gasteiger partial charge is 0.481 e. The molecule has 0 aliphatic carbocycles. The van der Waals surface area contributed by atoms with Crippen LogP contribution in [0, 0.1) is 0 Å². The smallest absolute Gasteiger partial charge is 0.321 e. The van der Waals surface area contributed by atoms with Crippen molar-refractivity contribution < 1.29 is 29.7 Å². The van der Waals surface area contributed by atoms with Crippen LogP contribution in [0.3, 0.4) is 0 Å². The third-order valence-corrected chi connectivity index (χ3v) is 2.75. The van der Waals surface area contributed by atoms with Gasteiger partial charge in [-0.3, -0.25) is 14.4 Å². The van der Waals surface area contributed by atoms with E-state index in [2.05, 4.69) is 0 Å². The van der Waals surface area contributed by atoms with Crippen LogP contribution < -0.4 is 5.73 Å². The molecule has 0 amide bonds. The molecule has 0 saturated heterocycles. The first kappa shape index (κ1) is 13.7. The highest BCUT2D eigenvalue weighted by Crippen LogP contribution is 2.15.